The number of nitrogens with one attached hydrogen (secondary N) is 1. The van der Waals surface area contributed by atoms with Crippen molar-refractivity contribution in [3.63, 3.8) is 0 Å². The molecule has 0 aromatic heterocycles. The van der Waals surface area contributed by atoms with Gasteiger partial charge in [0.15, 0.2) is 0 Å². The SMILES string of the molecule is C/C=C/C(=O)N1CCNCC1C(=O)O. The van der Waals surface area contributed by atoms with Gasteiger partial charge >= 0.3 is 5.97 Å². The average molecular weight is 198 g/mol. The van der Waals surface area contributed by atoms with Gasteiger partial charge < -0.3 is 15.3 Å². The Hall–Kier alpha value is -1.36. The van der Waals surface area contributed by atoms with Crippen LogP contribution in [0.2, 0.25) is 0 Å². The van der Waals surface area contributed by atoms with Gasteiger partial charge in [0.2, 0.25) is 5.91 Å². The van der Waals surface area contributed by atoms with Crippen LogP contribution < -0.4 is 5.32 Å². The summed E-state index contributed by atoms with van der Waals surface area (Å²) in [7, 11) is 0. The van der Waals surface area contributed by atoms with Crippen LogP contribution in [0, 0.1) is 0 Å². The van der Waals surface area contributed by atoms with Crippen molar-refractivity contribution in [2.45, 2.75) is 13.0 Å². The van der Waals surface area contributed by atoms with Crippen LogP contribution >= 0.6 is 0 Å². The average Bonchev–Trinajstić information content (AvgIpc) is 2.18. The zero-order valence-electron chi connectivity index (χ0n) is 8.06. The van der Waals surface area contributed by atoms with Crippen LogP contribution in [0.25, 0.3) is 0 Å². The Morgan fingerprint density at radius 2 is 2.29 bits per heavy atom. The van der Waals surface area contributed by atoms with E-state index < -0.39 is 12.0 Å². The Bertz CT molecular complexity index is 263. The highest BCUT2D eigenvalue weighted by Crippen LogP contribution is 2.04. The van der Waals surface area contributed by atoms with Crippen molar-refractivity contribution < 1.29 is 14.7 Å². The number of rotatable bonds is 2. The molecule has 0 spiro atoms. The molecule has 1 fully saturated rings. The maximum atomic E-state index is 11.5. The zero-order chi connectivity index (χ0) is 10.6. The van der Waals surface area contributed by atoms with E-state index in [-0.39, 0.29) is 5.91 Å². The van der Waals surface area contributed by atoms with E-state index >= 15 is 0 Å². The van der Waals surface area contributed by atoms with Crippen molar-refractivity contribution in [2.24, 2.45) is 0 Å². The molecule has 78 valence electrons. The molecule has 5 nitrogen and oxygen atoms in total. The molecule has 0 saturated carbocycles. The molecule has 1 unspecified atom stereocenters. The molecule has 14 heavy (non-hydrogen) atoms. The summed E-state index contributed by atoms with van der Waals surface area (Å²) in [6.45, 7) is 3.14. The molecule has 0 bridgehead atoms. The van der Waals surface area contributed by atoms with Crippen molar-refractivity contribution in [1.29, 1.82) is 0 Å². The van der Waals surface area contributed by atoms with E-state index in [0.29, 0.717) is 19.6 Å². The van der Waals surface area contributed by atoms with Gasteiger partial charge in [-0.25, -0.2) is 4.79 Å². The first-order chi connectivity index (χ1) is 6.66. The first-order valence-corrected chi connectivity index (χ1v) is 4.53. The number of allylic oxidation sites excluding steroid dienone is 1. The van der Waals surface area contributed by atoms with Crippen molar-refractivity contribution in [3.8, 4) is 0 Å². The van der Waals surface area contributed by atoms with Crippen LogP contribution in [0.15, 0.2) is 12.2 Å². The first kappa shape index (κ1) is 10.7. The Morgan fingerprint density at radius 3 is 2.86 bits per heavy atom. The van der Waals surface area contributed by atoms with Crippen molar-refractivity contribution in [1.82, 2.24) is 10.2 Å². The van der Waals surface area contributed by atoms with Gasteiger partial charge in [0.1, 0.15) is 6.04 Å². The zero-order valence-corrected chi connectivity index (χ0v) is 8.06. The molecule has 1 rings (SSSR count). The van der Waals surface area contributed by atoms with Gasteiger partial charge in [-0.05, 0) is 13.0 Å². The molecule has 1 amide bonds. The molecule has 1 saturated heterocycles. The number of carbonyl (C=O) groups is 2. The minimum Gasteiger partial charge on any atom is -0.480 e. The smallest absolute Gasteiger partial charge is 0.327 e. The lowest BCUT2D eigenvalue weighted by Crippen LogP contribution is -2.56. The minimum absolute atomic E-state index is 0.235. The topological polar surface area (TPSA) is 69.6 Å². The first-order valence-electron chi connectivity index (χ1n) is 4.53. The molecule has 1 aliphatic heterocycles. The lowest BCUT2D eigenvalue weighted by Gasteiger charge is -2.32. The third kappa shape index (κ3) is 2.32. The summed E-state index contributed by atoms with van der Waals surface area (Å²) in [5.74, 6) is -1.20. The quantitative estimate of drug-likeness (QED) is 0.584. The van der Waals surface area contributed by atoms with Crippen LogP contribution in [0.5, 0.6) is 0 Å². The van der Waals surface area contributed by atoms with Gasteiger partial charge in [-0.1, -0.05) is 6.08 Å². The van der Waals surface area contributed by atoms with Crippen molar-refractivity contribution in [2.75, 3.05) is 19.6 Å². The monoisotopic (exact) mass is 198 g/mol. The van der Waals surface area contributed by atoms with Crippen LogP contribution in [-0.4, -0.2) is 47.6 Å². The Kier molecular flexibility index (Phi) is 3.64. The number of amides is 1. The van der Waals surface area contributed by atoms with Crippen LogP contribution in [0.4, 0.5) is 0 Å². The van der Waals surface area contributed by atoms with Gasteiger partial charge in [0.05, 0.1) is 0 Å². The molecule has 2 N–H and O–H groups in total. The summed E-state index contributed by atoms with van der Waals surface area (Å²) < 4.78 is 0. The fraction of sp³-hybridized carbons (Fsp3) is 0.556. The summed E-state index contributed by atoms with van der Waals surface area (Å²) in [5, 5.41) is 11.8. The predicted octanol–water partition coefficient (Wildman–Crippen LogP) is -0.552. The molecule has 1 aliphatic rings. The highest BCUT2D eigenvalue weighted by molar-refractivity contribution is 5.91. The van der Waals surface area contributed by atoms with E-state index in [0.717, 1.165) is 0 Å². The standard InChI is InChI=1S/C9H14N2O3/c1-2-3-8(12)11-5-4-10-6-7(11)9(13)14/h2-3,7,10H,4-6H2,1H3,(H,13,14)/b3-2+. The lowest BCUT2D eigenvalue weighted by atomic mass is 10.2. The van der Waals surface area contributed by atoms with Crippen molar-refractivity contribution in [3.05, 3.63) is 12.2 Å². The van der Waals surface area contributed by atoms with Gasteiger partial charge in [0.25, 0.3) is 0 Å². The van der Waals surface area contributed by atoms with Crippen LogP contribution in [-0.2, 0) is 9.59 Å². The number of piperazine rings is 1. The maximum Gasteiger partial charge on any atom is 0.327 e. The Balaban J connectivity index is 2.72. The molecule has 5 heteroatoms. The molecule has 0 aliphatic carbocycles. The number of nitrogens with zero attached hydrogens (tertiary/aromatic N) is 1. The normalized spacial score (nSPS) is 22.6. The number of hydrogen-bond donors (Lipinski definition) is 2. The maximum absolute atomic E-state index is 11.5. The molecule has 1 heterocycles. The summed E-state index contributed by atoms with van der Waals surface area (Å²) in [5.41, 5.74) is 0. The van der Waals surface area contributed by atoms with E-state index in [4.69, 9.17) is 5.11 Å². The number of carboxylic acid groups (broad SMARTS) is 1. The number of carbonyl (C=O) groups excluding carboxylic acids is 1. The van der Waals surface area contributed by atoms with Gasteiger partial charge in [-0.3, -0.25) is 4.79 Å². The molecule has 0 radical (unpaired) electrons. The summed E-state index contributed by atoms with van der Waals surface area (Å²) in [6.07, 6.45) is 3.00. The molecule has 0 aromatic carbocycles. The highest BCUT2D eigenvalue weighted by Gasteiger charge is 2.30. The minimum atomic E-state index is -0.963. The second-order valence-corrected chi connectivity index (χ2v) is 3.09. The fourth-order valence-electron chi connectivity index (χ4n) is 1.43. The number of hydrogen-bond acceptors (Lipinski definition) is 3. The van der Waals surface area contributed by atoms with Gasteiger partial charge in [-0.2, -0.15) is 0 Å². The molecular formula is C9H14N2O3. The summed E-state index contributed by atoms with van der Waals surface area (Å²) in [4.78, 5) is 23.7. The fourth-order valence-corrected chi connectivity index (χ4v) is 1.43. The van der Waals surface area contributed by atoms with Crippen molar-refractivity contribution >= 4 is 11.9 Å². The number of carboxylic acids is 1. The van der Waals surface area contributed by atoms with E-state index in [1.807, 2.05) is 0 Å². The second-order valence-electron chi connectivity index (χ2n) is 3.09. The Morgan fingerprint density at radius 1 is 1.57 bits per heavy atom. The third-order valence-corrected chi connectivity index (χ3v) is 2.12. The van der Waals surface area contributed by atoms with Crippen LogP contribution in [0.1, 0.15) is 6.92 Å². The highest BCUT2D eigenvalue weighted by atomic mass is 16.4. The molecule has 1 atom stereocenters. The van der Waals surface area contributed by atoms with Gasteiger partial charge in [-0.15, -0.1) is 0 Å². The molecular weight excluding hydrogens is 184 g/mol. The van der Waals surface area contributed by atoms with Crippen LogP contribution in [0.3, 0.4) is 0 Å². The lowest BCUT2D eigenvalue weighted by molar-refractivity contribution is -0.149. The van der Waals surface area contributed by atoms with E-state index in [2.05, 4.69) is 5.32 Å². The molecule has 0 aromatic rings. The number of aliphatic carboxylic acids is 1. The second kappa shape index (κ2) is 4.76. The van der Waals surface area contributed by atoms with E-state index in [1.54, 1.807) is 13.0 Å². The predicted molar refractivity (Wildman–Crippen MR) is 50.8 cm³/mol. The third-order valence-electron chi connectivity index (χ3n) is 2.12. The largest absolute Gasteiger partial charge is 0.480 e. The van der Waals surface area contributed by atoms with Gasteiger partial charge in [0, 0.05) is 19.6 Å². The summed E-state index contributed by atoms with van der Waals surface area (Å²) >= 11 is 0. The van der Waals surface area contributed by atoms with E-state index in [9.17, 15) is 9.59 Å². The summed E-state index contributed by atoms with van der Waals surface area (Å²) in [6, 6.07) is -0.743. The van der Waals surface area contributed by atoms with E-state index in [1.165, 1.54) is 11.0 Å². The Labute approximate surface area is 82.4 Å².